The van der Waals surface area contributed by atoms with Gasteiger partial charge in [0.05, 0.1) is 35.5 Å². The standard InChI is InChI=1S/C11H11ClF2N2O/c12-9-5-8(6-15)1-2-10(9)16(3-4-17)7-11(13)14/h1-2,5,11,17H,3-4,7H2. The Morgan fingerprint density at radius 2 is 2.18 bits per heavy atom. The Bertz CT molecular complexity index is 420. The van der Waals surface area contributed by atoms with Gasteiger partial charge in [-0.25, -0.2) is 8.78 Å². The van der Waals surface area contributed by atoms with E-state index in [0.717, 1.165) is 0 Å². The first-order valence-corrected chi connectivity index (χ1v) is 5.30. The summed E-state index contributed by atoms with van der Waals surface area (Å²) in [5.74, 6) is 0. The minimum Gasteiger partial charge on any atom is -0.395 e. The summed E-state index contributed by atoms with van der Waals surface area (Å²) in [5.41, 5.74) is 0.750. The molecule has 0 aliphatic carbocycles. The summed E-state index contributed by atoms with van der Waals surface area (Å²) in [6.45, 7) is -0.689. The number of hydrogen-bond donors (Lipinski definition) is 1. The van der Waals surface area contributed by atoms with Crippen LogP contribution in [0, 0.1) is 11.3 Å². The van der Waals surface area contributed by atoms with Crippen molar-refractivity contribution in [3.8, 4) is 6.07 Å². The molecule has 0 bridgehead atoms. The molecule has 92 valence electrons. The monoisotopic (exact) mass is 260 g/mol. The molecule has 0 atom stereocenters. The number of benzene rings is 1. The molecule has 1 rings (SSSR count). The maximum Gasteiger partial charge on any atom is 0.255 e. The molecule has 1 N–H and O–H groups in total. The number of anilines is 1. The molecule has 17 heavy (non-hydrogen) atoms. The average Bonchev–Trinajstić information content (AvgIpc) is 2.27. The van der Waals surface area contributed by atoms with Crippen LogP contribution in [0.4, 0.5) is 14.5 Å². The number of rotatable bonds is 5. The van der Waals surface area contributed by atoms with Crippen LogP contribution < -0.4 is 4.90 Å². The number of hydrogen-bond acceptors (Lipinski definition) is 3. The highest BCUT2D eigenvalue weighted by molar-refractivity contribution is 6.33. The van der Waals surface area contributed by atoms with Crippen molar-refractivity contribution < 1.29 is 13.9 Å². The van der Waals surface area contributed by atoms with Gasteiger partial charge in [-0.2, -0.15) is 5.26 Å². The van der Waals surface area contributed by atoms with Crippen molar-refractivity contribution in [1.29, 1.82) is 5.26 Å². The molecular formula is C11H11ClF2N2O. The molecule has 0 amide bonds. The van der Waals surface area contributed by atoms with E-state index >= 15 is 0 Å². The number of alkyl halides is 2. The summed E-state index contributed by atoms with van der Waals surface area (Å²) in [7, 11) is 0. The normalized spacial score (nSPS) is 10.4. The van der Waals surface area contributed by atoms with Gasteiger partial charge in [0.15, 0.2) is 0 Å². The lowest BCUT2D eigenvalue weighted by Gasteiger charge is -2.24. The molecule has 0 aromatic heterocycles. The SMILES string of the molecule is N#Cc1ccc(N(CCO)CC(F)F)c(Cl)c1. The molecule has 0 unspecified atom stereocenters. The Labute approximate surface area is 103 Å². The van der Waals surface area contributed by atoms with Crippen LogP contribution in [0.15, 0.2) is 18.2 Å². The number of halogens is 3. The highest BCUT2D eigenvalue weighted by Crippen LogP contribution is 2.27. The smallest absolute Gasteiger partial charge is 0.255 e. The van der Waals surface area contributed by atoms with Crippen molar-refractivity contribution in [1.82, 2.24) is 0 Å². The first kappa shape index (κ1) is 13.7. The van der Waals surface area contributed by atoms with Gasteiger partial charge in [0, 0.05) is 6.54 Å². The predicted octanol–water partition coefficient (Wildman–Crippen LogP) is 2.28. The van der Waals surface area contributed by atoms with E-state index < -0.39 is 13.0 Å². The van der Waals surface area contributed by atoms with Crippen LogP contribution in [-0.2, 0) is 0 Å². The van der Waals surface area contributed by atoms with E-state index in [1.54, 1.807) is 0 Å². The summed E-state index contributed by atoms with van der Waals surface area (Å²) in [6.07, 6.45) is -2.52. The number of nitriles is 1. The molecule has 1 aromatic carbocycles. The molecule has 0 aliphatic rings. The van der Waals surface area contributed by atoms with Crippen molar-refractivity contribution in [2.24, 2.45) is 0 Å². The highest BCUT2D eigenvalue weighted by atomic mass is 35.5. The molecule has 3 nitrogen and oxygen atoms in total. The van der Waals surface area contributed by atoms with E-state index in [-0.39, 0.29) is 18.2 Å². The van der Waals surface area contributed by atoms with E-state index in [0.29, 0.717) is 11.3 Å². The van der Waals surface area contributed by atoms with Gasteiger partial charge >= 0.3 is 0 Å². The molecule has 0 radical (unpaired) electrons. The van der Waals surface area contributed by atoms with Crippen molar-refractivity contribution in [3.63, 3.8) is 0 Å². The molecule has 0 saturated carbocycles. The van der Waals surface area contributed by atoms with Gasteiger partial charge in [-0.15, -0.1) is 0 Å². The van der Waals surface area contributed by atoms with Crippen LogP contribution in [0.2, 0.25) is 5.02 Å². The molecule has 0 heterocycles. The van der Waals surface area contributed by atoms with E-state index in [1.165, 1.54) is 23.1 Å². The average molecular weight is 261 g/mol. The minimum absolute atomic E-state index is 0.0654. The van der Waals surface area contributed by atoms with Gasteiger partial charge < -0.3 is 10.0 Å². The van der Waals surface area contributed by atoms with Gasteiger partial charge in [0.25, 0.3) is 6.43 Å². The summed E-state index contributed by atoms with van der Waals surface area (Å²) in [5, 5.41) is 17.7. The molecular weight excluding hydrogens is 250 g/mol. The summed E-state index contributed by atoms with van der Waals surface area (Å²) >= 11 is 5.90. The lowest BCUT2D eigenvalue weighted by atomic mass is 10.2. The molecule has 0 fully saturated rings. The van der Waals surface area contributed by atoms with Crippen molar-refractivity contribution in [2.45, 2.75) is 6.43 Å². The fraction of sp³-hybridized carbons (Fsp3) is 0.364. The van der Waals surface area contributed by atoms with Crippen LogP contribution in [0.25, 0.3) is 0 Å². The van der Waals surface area contributed by atoms with Crippen molar-refractivity contribution in [2.75, 3.05) is 24.6 Å². The number of aliphatic hydroxyl groups is 1. The van der Waals surface area contributed by atoms with Crippen LogP contribution in [0.5, 0.6) is 0 Å². The first-order valence-electron chi connectivity index (χ1n) is 4.92. The molecule has 0 spiro atoms. The molecule has 6 heteroatoms. The zero-order valence-electron chi connectivity index (χ0n) is 8.91. The fourth-order valence-corrected chi connectivity index (χ4v) is 1.73. The first-order chi connectivity index (χ1) is 8.08. The van der Waals surface area contributed by atoms with E-state index in [4.69, 9.17) is 22.0 Å². The van der Waals surface area contributed by atoms with E-state index in [2.05, 4.69) is 0 Å². The number of aliphatic hydroxyl groups excluding tert-OH is 1. The summed E-state index contributed by atoms with van der Waals surface area (Å²) in [4.78, 5) is 1.29. The Balaban J connectivity index is 2.98. The zero-order chi connectivity index (χ0) is 12.8. The van der Waals surface area contributed by atoms with Gasteiger partial charge in [0.1, 0.15) is 0 Å². The van der Waals surface area contributed by atoms with Gasteiger partial charge in [-0.1, -0.05) is 11.6 Å². The third-order valence-corrected chi connectivity index (χ3v) is 2.45. The molecule has 0 saturated heterocycles. The Morgan fingerprint density at radius 3 is 2.65 bits per heavy atom. The van der Waals surface area contributed by atoms with Crippen LogP contribution in [0.3, 0.4) is 0 Å². The second-order valence-corrected chi connectivity index (χ2v) is 3.75. The van der Waals surface area contributed by atoms with Crippen LogP contribution in [-0.4, -0.2) is 31.2 Å². The lowest BCUT2D eigenvalue weighted by Crippen LogP contribution is -2.31. The Kier molecular flexibility index (Phi) is 5.13. The van der Waals surface area contributed by atoms with E-state index in [1.807, 2.05) is 6.07 Å². The van der Waals surface area contributed by atoms with Gasteiger partial charge in [0.2, 0.25) is 0 Å². The topological polar surface area (TPSA) is 47.3 Å². The molecule has 1 aromatic rings. The summed E-state index contributed by atoms with van der Waals surface area (Å²) in [6, 6.07) is 6.31. The zero-order valence-corrected chi connectivity index (χ0v) is 9.66. The fourth-order valence-electron chi connectivity index (χ4n) is 1.43. The van der Waals surface area contributed by atoms with Gasteiger partial charge in [-0.05, 0) is 18.2 Å². The quantitative estimate of drug-likeness (QED) is 0.884. The highest BCUT2D eigenvalue weighted by Gasteiger charge is 2.15. The third kappa shape index (κ3) is 3.84. The Hall–Kier alpha value is -1.38. The largest absolute Gasteiger partial charge is 0.395 e. The maximum atomic E-state index is 12.4. The van der Waals surface area contributed by atoms with Crippen molar-refractivity contribution in [3.05, 3.63) is 28.8 Å². The predicted molar refractivity (Wildman–Crippen MR) is 61.5 cm³/mol. The second kappa shape index (κ2) is 6.38. The van der Waals surface area contributed by atoms with E-state index in [9.17, 15) is 8.78 Å². The second-order valence-electron chi connectivity index (χ2n) is 3.34. The van der Waals surface area contributed by atoms with Gasteiger partial charge in [-0.3, -0.25) is 0 Å². The minimum atomic E-state index is -2.52. The van der Waals surface area contributed by atoms with Crippen molar-refractivity contribution >= 4 is 17.3 Å². The number of nitrogens with zero attached hydrogens (tertiary/aromatic N) is 2. The molecule has 0 aliphatic heterocycles. The van der Waals surface area contributed by atoms with Crippen LogP contribution >= 0.6 is 11.6 Å². The third-order valence-electron chi connectivity index (χ3n) is 2.15. The maximum absolute atomic E-state index is 12.4. The lowest BCUT2D eigenvalue weighted by molar-refractivity contribution is 0.153. The van der Waals surface area contributed by atoms with Crippen LogP contribution in [0.1, 0.15) is 5.56 Å². The Morgan fingerprint density at radius 1 is 1.47 bits per heavy atom. The summed E-state index contributed by atoms with van der Waals surface area (Å²) < 4.78 is 24.7.